The van der Waals surface area contributed by atoms with E-state index in [4.69, 9.17) is 14.3 Å². The van der Waals surface area contributed by atoms with Crippen LogP contribution in [0.1, 0.15) is 94.9 Å². The monoisotopic (exact) mass is 619 g/mol. The summed E-state index contributed by atoms with van der Waals surface area (Å²) < 4.78 is 5.02. The van der Waals surface area contributed by atoms with E-state index < -0.39 is 12.1 Å². The van der Waals surface area contributed by atoms with Crippen molar-refractivity contribution < 1.29 is 33.8 Å². The summed E-state index contributed by atoms with van der Waals surface area (Å²) in [4.78, 5) is 52.9. The molecule has 44 heavy (non-hydrogen) atoms. The van der Waals surface area contributed by atoms with E-state index in [1.807, 2.05) is 47.6 Å². The summed E-state index contributed by atoms with van der Waals surface area (Å²) in [6.07, 6.45) is 17.0. The number of Topliss-reactive ketones (excluding diaryl/α,β-unsaturated/α-hetero) is 1. The quantitative estimate of drug-likeness (QED) is 0.229. The number of carbonyl (C=O) groups excluding carboxylic acids is 5. The molecule has 0 aromatic carbocycles. The second-order valence-electron chi connectivity index (χ2n) is 11.2. The summed E-state index contributed by atoms with van der Waals surface area (Å²) in [5.74, 6) is 0.319. The van der Waals surface area contributed by atoms with E-state index in [-0.39, 0.29) is 46.8 Å². The van der Waals surface area contributed by atoms with E-state index >= 15 is 0 Å². The molecular formula is C36H61NO7. The highest BCUT2D eigenvalue weighted by atomic mass is 16.5. The largest absolute Gasteiger partial charge is 0.458 e. The molecule has 2 N–H and O–H groups in total. The van der Waals surface area contributed by atoms with E-state index in [9.17, 15) is 19.5 Å². The average Bonchev–Trinajstić information content (AvgIpc) is 3.29. The van der Waals surface area contributed by atoms with Crippen LogP contribution in [0.2, 0.25) is 0 Å². The van der Waals surface area contributed by atoms with Crippen molar-refractivity contribution in [3.63, 3.8) is 0 Å². The number of terminal acetylenes is 1. The Morgan fingerprint density at radius 2 is 1.68 bits per heavy atom. The van der Waals surface area contributed by atoms with Gasteiger partial charge in [0.25, 0.3) is 0 Å². The van der Waals surface area contributed by atoms with Gasteiger partial charge >= 0.3 is 5.97 Å². The van der Waals surface area contributed by atoms with Gasteiger partial charge in [-0.05, 0) is 81.5 Å². The normalized spacial score (nSPS) is 31.5. The topological polar surface area (TPSA) is 127 Å². The first-order chi connectivity index (χ1) is 20.9. The Balaban J connectivity index is -0.000000964. The molecule has 0 spiro atoms. The van der Waals surface area contributed by atoms with Crippen LogP contribution >= 0.6 is 0 Å². The van der Waals surface area contributed by atoms with Gasteiger partial charge in [0.05, 0.1) is 6.10 Å². The number of nitrogens with one attached hydrogen (secondary N) is 1. The minimum atomic E-state index is -0.526. The minimum Gasteiger partial charge on any atom is -0.458 e. The van der Waals surface area contributed by atoms with Gasteiger partial charge in [-0.2, -0.15) is 0 Å². The zero-order chi connectivity index (χ0) is 35.3. The number of fused-ring (bicyclic) bond motifs is 5. The van der Waals surface area contributed by atoms with Crippen LogP contribution in [-0.4, -0.2) is 62.0 Å². The Kier molecular flexibility index (Phi) is 24.3. The number of hydrogen-bond acceptors (Lipinski definition) is 8. The molecule has 4 aliphatic rings. The molecule has 8 nitrogen and oxygen atoms in total. The lowest BCUT2D eigenvalue weighted by Crippen LogP contribution is -2.56. The zero-order valence-electron chi connectivity index (χ0n) is 29.3. The van der Waals surface area contributed by atoms with Gasteiger partial charge < -0.3 is 24.7 Å². The molecule has 0 radical (unpaired) electrons. The lowest BCUT2D eigenvalue weighted by molar-refractivity contribution is -0.152. The molecule has 3 saturated carbocycles. The highest BCUT2D eigenvalue weighted by Gasteiger charge is 2.64. The van der Waals surface area contributed by atoms with Gasteiger partial charge in [-0.1, -0.05) is 67.0 Å². The SMILES string of the molecule is C#C.C=O.CC.CC.CC(=O)OCC(=O)C1[C@H](C)CC2C3CCC4=CC(=O)C=CC4(C)C3C(O)CC21C.CC=O.CCNC. The standard InChI is InChI=1S/C24H32O5.C3H9N.C2H4O.2C2H6.C2H2.CH2O/c1-13-9-18-17-6-5-15-10-16(26)7-8-23(15,3)22(17)19(27)11-24(18,4)21(13)20(28)12-29-14(2)25;1-3-4-2;1-2-3;4*1-2/h7-8,10,13,17-19,21-22,27H,5-6,9,11-12H2,1-4H3;4H,3H2,1-2H3;2H,1H3;2*1-2H3;1-2H;1H2/t13-,17?,18?,19?,21?,22?,23?,24?;;;;;;/m1....../s1. The third-order valence-corrected chi connectivity index (χ3v) is 8.95. The van der Waals surface area contributed by atoms with E-state index in [1.54, 1.807) is 12.2 Å². The molecule has 0 aromatic rings. The molecular weight excluding hydrogens is 558 g/mol. The number of aldehydes is 1. The summed E-state index contributed by atoms with van der Waals surface area (Å²) in [5.41, 5.74) is 0.561. The van der Waals surface area contributed by atoms with Crippen LogP contribution < -0.4 is 5.32 Å². The van der Waals surface area contributed by atoms with Crippen LogP contribution in [0.4, 0.5) is 0 Å². The fraction of sp³-hybridized carbons (Fsp3) is 0.694. The highest BCUT2D eigenvalue weighted by molar-refractivity contribution is 6.01. The van der Waals surface area contributed by atoms with Crippen LogP contribution in [-0.2, 0) is 28.7 Å². The fourth-order valence-corrected chi connectivity index (χ4v) is 7.64. The van der Waals surface area contributed by atoms with Crippen LogP contribution in [0.5, 0.6) is 0 Å². The van der Waals surface area contributed by atoms with Gasteiger partial charge in [-0.3, -0.25) is 14.4 Å². The van der Waals surface area contributed by atoms with Crippen molar-refractivity contribution in [1.29, 1.82) is 0 Å². The van der Waals surface area contributed by atoms with E-state index in [1.165, 1.54) is 13.8 Å². The van der Waals surface area contributed by atoms with Crippen molar-refractivity contribution in [2.75, 3.05) is 20.2 Å². The van der Waals surface area contributed by atoms with Gasteiger partial charge in [0.2, 0.25) is 0 Å². The Hall–Kier alpha value is -2.89. The molecule has 0 heterocycles. The van der Waals surface area contributed by atoms with Crippen molar-refractivity contribution in [3.8, 4) is 12.8 Å². The molecule has 0 aromatic heterocycles. The Labute approximate surface area is 267 Å². The predicted molar refractivity (Wildman–Crippen MR) is 179 cm³/mol. The fourth-order valence-electron chi connectivity index (χ4n) is 7.64. The molecule has 0 saturated heterocycles. The molecule has 3 fully saturated rings. The molecule has 0 aliphatic heterocycles. The second kappa shape index (κ2) is 23.5. The number of aliphatic hydroxyl groups excluding tert-OH is 1. The van der Waals surface area contributed by atoms with Gasteiger partial charge in [0.15, 0.2) is 11.6 Å². The molecule has 4 aliphatic carbocycles. The smallest absolute Gasteiger partial charge is 0.303 e. The Bertz CT molecular complexity index is 953. The predicted octanol–water partition coefficient (Wildman–Crippen LogP) is 5.81. The third-order valence-electron chi connectivity index (χ3n) is 8.95. The Morgan fingerprint density at radius 1 is 1.18 bits per heavy atom. The summed E-state index contributed by atoms with van der Waals surface area (Å²) in [6, 6.07) is 0. The van der Waals surface area contributed by atoms with Crippen LogP contribution in [0.15, 0.2) is 23.8 Å². The number of ether oxygens (including phenoxy) is 1. The van der Waals surface area contributed by atoms with Gasteiger partial charge in [-0.15, -0.1) is 12.8 Å². The number of allylic oxidation sites excluding steroid dienone is 4. The number of hydrogen-bond donors (Lipinski definition) is 2. The van der Waals surface area contributed by atoms with Crippen molar-refractivity contribution >= 4 is 30.6 Å². The number of esters is 1. The maximum atomic E-state index is 13.0. The number of rotatable bonds is 4. The first kappa shape index (κ1) is 45.5. The van der Waals surface area contributed by atoms with Crippen LogP contribution in [0.3, 0.4) is 0 Å². The molecule has 7 unspecified atom stereocenters. The zero-order valence-corrected chi connectivity index (χ0v) is 29.3. The highest BCUT2D eigenvalue weighted by Crippen LogP contribution is 2.67. The maximum Gasteiger partial charge on any atom is 0.303 e. The first-order valence-electron chi connectivity index (χ1n) is 15.9. The second-order valence-corrected chi connectivity index (χ2v) is 11.2. The molecule has 4 rings (SSSR count). The molecule has 252 valence electrons. The number of carbonyl (C=O) groups is 5. The van der Waals surface area contributed by atoms with Gasteiger partial charge in [0.1, 0.15) is 19.7 Å². The summed E-state index contributed by atoms with van der Waals surface area (Å²) in [5, 5.41) is 14.3. The van der Waals surface area contributed by atoms with Crippen molar-refractivity contribution in [2.24, 2.45) is 40.4 Å². The molecule has 8 atom stereocenters. The summed E-state index contributed by atoms with van der Waals surface area (Å²) in [6.45, 7) is 22.2. The molecule has 8 heteroatoms. The first-order valence-corrected chi connectivity index (χ1v) is 15.9. The van der Waals surface area contributed by atoms with Crippen LogP contribution in [0.25, 0.3) is 0 Å². The summed E-state index contributed by atoms with van der Waals surface area (Å²) >= 11 is 0. The molecule has 0 bridgehead atoms. The van der Waals surface area contributed by atoms with Gasteiger partial charge in [0, 0.05) is 24.2 Å². The van der Waals surface area contributed by atoms with Crippen LogP contribution in [0, 0.1) is 53.3 Å². The van der Waals surface area contributed by atoms with Gasteiger partial charge in [-0.25, -0.2) is 0 Å². The van der Waals surface area contributed by atoms with E-state index in [0.717, 1.165) is 37.7 Å². The number of aliphatic hydroxyl groups is 1. The van der Waals surface area contributed by atoms with E-state index in [0.29, 0.717) is 18.3 Å². The number of ketones is 2. The maximum absolute atomic E-state index is 13.0. The van der Waals surface area contributed by atoms with Crippen molar-refractivity contribution in [1.82, 2.24) is 5.32 Å². The van der Waals surface area contributed by atoms with Crippen molar-refractivity contribution in [3.05, 3.63) is 23.8 Å². The third kappa shape index (κ3) is 11.2. The Morgan fingerprint density at radius 3 is 2.14 bits per heavy atom. The lowest BCUT2D eigenvalue weighted by atomic mass is 9.46. The van der Waals surface area contributed by atoms with E-state index in [2.05, 4.69) is 45.9 Å². The van der Waals surface area contributed by atoms with Crippen molar-refractivity contribution in [2.45, 2.75) is 101 Å². The molecule has 0 amide bonds. The lowest BCUT2D eigenvalue weighted by Gasteiger charge is -2.58. The average molecular weight is 620 g/mol. The summed E-state index contributed by atoms with van der Waals surface area (Å²) in [7, 11) is 1.93. The minimum absolute atomic E-state index is 0.0193.